The van der Waals surface area contributed by atoms with Crippen LogP contribution in [0.3, 0.4) is 0 Å². The van der Waals surface area contributed by atoms with Gasteiger partial charge >= 0.3 is 0 Å². The molecule has 46 heavy (non-hydrogen) atoms. The van der Waals surface area contributed by atoms with E-state index in [1.54, 1.807) is 0 Å². The summed E-state index contributed by atoms with van der Waals surface area (Å²) in [6.07, 6.45) is 0. The molecule has 0 amide bonds. The number of rotatable bonds is 2. The fourth-order valence-corrected chi connectivity index (χ4v) is 7.74. The molecule has 0 heteroatoms. The second-order valence-electron chi connectivity index (χ2n) is 13.7. The van der Waals surface area contributed by atoms with E-state index in [9.17, 15) is 0 Å². The number of fused-ring (bicyclic) bond motifs is 10. The van der Waals surface area contributed by atoms with E-state index in [0.717, 1.165) is 0 Å². The van der Waals surface area contributed by atoms with Crippen molar-refractivity contribution in [2.75, 3.05) is 0 Å². The van der Waals surface area contributed by atoms with E-state index in [1.807, 2.05) is 0 Å². The van der Waals surface area contributed by atoms with Gasteiger partial charge in [-0.2, -0.15) is 0 Å². The third-order valence-electron chi connectivity index (χ3n) is 9.95. The van der Waals surface area contributed by atoms with Gasteiger partial charge in [-0.15, -0.1) is 0 Å². The molecule has 9 aromatic rings. The molecule has 0 radical (unpaired) electrons. The minimum atomic E-state index is 0.0313. The Balaban J connectivity index is 1.60. The largest absolute Gasteiger partial charge is 0.0622 e. The molecule has 0 N–H and O–H groups in total. The van der Waals surface area contributed by atoms with Gasteiger partial charge in [-0.05, 0) is 116 Å². The van der Waals surface area contributed by atoms with Crippen LogP contribution in [0.15, 0.2) is 152 Å². The molecule has 0 bridgehead atoms. The third kappa shape index (κ3) is 4.00. The van der Waals surface area contributed by atoms with Crippen LogP contribution in [-0.4, -0.2) is 0 Å². The predicted molar refractivity (Wildman–Crippen MR) is 201 cm³/mol. The second-order valence-corrected chi connectivity index (χ2v) is 13.7. The summed E-state index contributed by atoms with van der Waals surface area (Å²) in [5.74, 6) is 0. The quantitative estimate of drug-likeness (QED) is 0.140. The van der Waals surface area contributed by atoms with Gasteiger partial charge in [0.15, 0.2) is 0 Å². The molecule has 0 saturated carbocycles. The molecule has 0 aliphatic heterocycles. The molecule has 0 saturated heterocycles. The van der Waals surface area contributed by atoms with Crippen LogP contribution in [0.4, 0.5) is 0 Å². The molecule has 0 unspecified atom stereocenters. The molecule has 0 spiro atoms. The summed E-state index contributed by atoms with van der Waals surface area (Å²) < 4.78 is 0. The Bertz CT molecular complexity index is 2640. The van der Waals surface area contributed by atoms with E-state index in [4.69, 9.17) is 0 Å². The monoisotopic (exact) mass is 586 g/mol. The summed E-state index contributed by atoms with van der Waals surface area (Å²) in [4.78, 5) is 0. The zero-order chi connectivity index (χ0) is 31.0. The van der Waals surface area contributed by atoms with Crippen molar-refractivity contribution in [1.29, 1.82) is 0 Å². The van der Waals surface area contributed by atoms with Crippen LogP contribution in [0.5, 0.6) is 0 Å². The number of hydrogen-bond acceptors (Lipinski definition) is 0. The van der Waals surface area contributed by atoms with Crippen LogP contribution < -0.4 is 0 Å². The van der Waals surface area contributed by atoms with E-state index in [1.165, 1.54) is 92.5 Å². The van der Waals surface area contributed by atoms with Gasteiger partial charge in [0.1, 0.15) is 0 Å². The van der Waals surface area contributed by atoms with Gasteiger partial charge in [0.25, 0.3) is 0 Å². The minimum absolute atomic E-state index is 0.0313. The van der Waals surface area contributed by atoms with Crippen LogP contribution in [-0.2, 0) is 5.41 Å². The van der Waals surface area contributed by atoms with Crippen molar-refractivity contribution < 1.29 is 0 Å². The van der Waals surface area contributed by atoms with E-state index >= 15 is 0 Å². The molecule has 0 atom stereocenters. The summed E-state index contributed by atoms with van der Waals surface area (Å²) in [6.45, 7) is 6.93. The first kappa shape index (κ1) is 26.9. The standard InChI is InChI=1S/C46H34/c1-46(2,3)32-23-25-37-39(26-32)44(31-17-8-5-9-18-31)41-27-38-35-21-13-12-20-34(35)36-24-22-29-14-10-11-19-33(29)45(36)40(38)28-42(41)43(37)30-15-6-4-7-16-30/h4-28H,1-3H3. The van der Waals surface area contributed by atoms with Crippen LogP contribution in [0, 0.1) is 0 Å². The van der Waals surface area contributed by atoms with E-state index in [2.05, 4.69) is 172 Å². The highest BCUT2D eigenvalue weighted by Gasteiger charge is 2.22. The third-order valence-corrected chi connectivity index (χ3v) is 9.95. The predicted octanol–water partition coefficient (Wildman–Crippen LogP) is 13.2. The van der Waals surface area contributed by atoms with Crippen molar-refractivity contribution in [3.8, 4) is 22.3 Å². The van der Waals surface area contributed by atoms with Crippen LogP contribution in [0.2, 0.25) is 0 Å². The van der Waals surface area contributed by atoms with Gasteiger partial charge < -0.3 is 0 Å². The zero-order valence-corrected chi connectivity index (χ0v) is 26.4. The van der Waals surface area contributed by atoms with Gasteiger partial charge in [0.2, 0.25) is 0 Å². The average Bonchev–Trinajstić information content (AvgIpc) is 3.09. The SMILES string of the molecule is CC(C)(C)c1ccc2c(-c3ccccc3)c3cc4c(cc3c(-c3ccccc3)c2c1)c1ccccc1c1ccc2ccccc2c14. The fourth-order valence-electron chi connectivity index (χ4n) is 7.74. The Morgan fingerprint density at radius 1 is 0.326 bits per heavy atom. The van der Waals surface area contributed by atoms with Gasteiger partial charge in [0.05, 0.1) is 0 Å². The van der Waals surface area contributed by atoms with E-state index < -0.39 is 0 Å². The lowest BCUT2D eigenvalue weighted by Crippen LogP contribution is -2.10. The maximum atomic E-state index is 2.51. The number of benzene rings is 9. The molecule has 9 aromatic carbocycles. The average molecular weight is 587 g/mol. The molecule has 0 aromatic heterocycles. The first-order valence-electron chi connectivity index (χ1n) is 16.3. The summed E-state index contributed by atoms with van der Waals surface area (Å²) in [7, 11) is 0. The van der Waals surface area contributed by atoms with Crippen LogP contribution in [0.25, 0.3) is 86.9 Å². The highest BCUT2D eigenvalue weighted by molar-refractivity contribution is 6.35. The fraction of sp³-hybridized carbons (Fsp3) is 0.0870. The maximum Gasteiger partial charge on any atom is -0.00201 e. The van der Waals surface area contributed by atoms with Crippen LogP contribution >= 0.6 is 0 Å². The summed E-state index contributed by atoms with van der Waals surface area (Å²) in [5.41, 5.74) is 6.48. The van der Waals surface area contributed by atoms with Crippen molar-refractivity contribution in [3.05, 3.63) is 157 Å². The van der Waals surface area contributed by atoms with E-state index in [0.29, 0.717) is 0 Å². The summed E-state index contributed by atoms with van der Waals surface area (Å²) in [6, 6.07) is 56.6. The molecule has 0 aliphatic carbocycles. The normalized spacial score (nSPS) is 12.2. The minimum Gasteiger partial charge on any atom is -0.0622 e. The highest BCUT2D eigenvalue weighted by atomic mass is 14.3. The Morgan fingerprint density at radius 2 is 0.826 bits per heavy atom. The summed E-state index contributed by atoms with van der Waals surface area (Å²) >= 11 is 0. The van der Waals surface area contributed by atoms with Crippen molar-refractivity contribution >= 4 is 64.6 Å². The van der Waals surface area contributed by atoms with Gasteiger partial charge in [-0.25, -0.2) is 0 Å². The van der Waals surface area contributed by atoms with E-state index in [-0.39, 0.29) is 5.41 Å². The number of hydrogen-bond donors (Lipinski definition) is 0. The van der Waals surface area contributed by atoms with Crippen molar-refractivity contribution in [1.82, 2.24) is 0 Å². The van der Waals surface area contributed by atoms with Crippen molar-refractivity contribution in [3.63, 3.8) is 0 Å². The first-order chi connectivity index (χ1) is 22.5. The maximum absolute atomic E-state index is 2.51. The van der Waals surface area contributed by atoms with Gasteiger partial charge in [-0.3, -0.25) is 0 Å². The molecular weight excluding hydrogens is 553 g/mol. The summed E-state index contributed by atoms with van der Waals surface area (Å²) in [5, 5.41) is 15.6. The Hall–Kier alpha value is -5.46. The highest BCUT2D eigenvalue weighted by Crippen LogP contribution is 2.48. The first-order valence-corrected chi connectivity index (χ1v) is 16.3. The van der Waals surface area contributed by atoms with Crippen LogP contribution in [0.1, 0.15) is 26.3 Å². The lowest BCUT2D eigenvalue weighted by Gasteiger charge is -2.23. The van der Waals surface area contributed by atoms with Gasteiger partial charge in [-0.1, -0.05) is 154 Å². The smallest absolute Gasteiger partial charge is 0.00201 e. The lowest BCUT2D eigenvalue weighted by atomic mass is 9.80. The second kappa shape index (κ2) is 10.0. The molecule has 0 aliphatic rings. The zero-order valence-electron chi connectivity index (χ0n) is 26.4. The molecule has 0 fully saturated rings. The van der Waals surface area contributed by atoms with Crippen molar-refractivity contribution in [2.45, 2.75) is 26.2 Å². The molecule has 0 heterocycles. The lowest BCUT2D eigenvalue weighted by molar-refractivity contribution is 0.591. The molecule has 9 rings (SSSR count). The molecule has 218 valence electrons. The Labute approximate surface area is 269 Å². The Morgan fingerprint density at radius 3 is 1.48 bits per heavy atom. The Kier molecular flexibility index (Phi) is 5.86. The molecule has 0 nitrogen and oxygen atoms in total. The molecular formula is C46H34. The van der Waals surface area contributed by atoms with Gasteiger partial charge in [0, 0.05) is 0 Å². The van der Waals surface area contributed by atoms with Crippen molar-refractivity contribution in [2.24, 2.45) is 0 Å². The topological polar surface area (TPSA) is 0 Å².